The van der Waals surface area contributed by atoms with E-state index in [4.69, 9.17) is 0 Å². The summed E-state index contributed by atoms with van der Waals surface area (Å²) in [6, 6.07) is 2.51. The predicted octanol–water partition coefficient (Wildman–Crippen LogP) is 0.897. The number of nitrogens with one attached hydrogen (secondary N) is 1. The second-order valence-corrected chi connectivity index (χ2v) is 4.51. The van der Waals surface area contributed by atoms with Crippen LogP contribution in [0, 0.1) is 10.1 Å². The third-order valence-electron chi connectivity index (χ3n) is 3.00. The molecule has 1 atom stereocenters. The molecule has 0 saturated carbocycles. The summed E-state index contributed by atoms with van der Waals surface area (Å²) in [6.45, 7) is 3.86. The number of rotatable bonds is 5. The molecule has 0 heterocycles. The number of amides is 2. The maximum atomic E-state index is 11.9. The predicted molar refractivity (Wildman–Crippen MR) is 75.0 cm³/mol. The molecule has 2 amide bonds. The number of carbonyl (C=O) groups is 2. The first-order valence-corrected chi connectivity index (χ1v) is 6.31. The van der Waals surface area contributed by atoms with Crippen LogP contribution in [0.2, 0.25) is 0 Å². The molecule has 8 heteroatoms. The van der Waals surface area contributed by atoms with Gasteiger partial charge >= 0.3 is 5.69 Å². The highest BCUT2D eigenvalue weighted by Crippen LogP contribution is 2.26. The molecule has 0 aliphatic heterocycles. The number of carbonyl (C=O) groups excluding carboxylic acids is 2. The van der Waals surface area contributed by atoms with Crippen molar-refractivity contribution in [1.29, 1.82) is 0 Å². The molecule has 0 bridgehead atoms. The highest BCUT2D eigenvalue weighted by atomic mass is 16.6. The van der Waals surface area contributed by atoms with Crippen molar-refractivity contribution in [3.05, 3.63) is 33.9 Å². The molecule has 0 fully saturated rings. The van der Waals surface area contributed by atoms with E-state index in [-0.39, 0.29) is 11.5 Å². The van der Waals surface area contributed by atoms with Gasteiger partial charge in [-0.15, -0.1) is 0 Å². The van der Waals surface area contributed by atoms with Crippen molar-refractivity contribution in [2.45, 2.75) is 19.9 Å². The van der Waals surface area contributed by atoms with Crippen LogP contribution in [0.25, 0.3) is 0 Å². The number of nitro groups is 1. The van der Waals surface area contributed by atoms with E-state index >= 15 is 0 Å². The quantitative estimate of drug-likeness (QED) is 0.619. The Labute approximate surface area is 121 Å². The standard InChI is InChI=1S/C13H17N3O5/c1-4-15(3)13(19)8(2)14-12(18)9-5-6-10(16(20)21)11(17)7-9/h5-8,17H,4H2,1-3H3,(H,14,18). The topological polar surface area (TPSA) is 113 Å². The molecule has 0 spiro atoms. The van der Waals surface area contributed by atoms with Gasteiger partial charge in [-0.25, -0.2) is 0 Å². The van der Waals surface area contributed by atoms with Gasteiger partial charge in [0.1, 0.15) is 6.04 Å². The number of hydrogen-bond acceptors (Lipinski definition) is 5. The zero-order valence-corrected chi connectivity index (χ0v) is 12.0. The van der Waals surface area contributed by atoms with E-state index in [0.29, 0.717) is 6.54 Å². The molecule has 1 aromatic carbocycles. The zero-order chi connectivity index (χ0) is 16.2. The van der Waals surface area contributed by atoms with Crippen molar-refractivity contribution in [2.24, 2.45) is 0 Å². The van der Waals surface area contributed by atoms with E-state index < -0.39 is 28.3 Å². The first-order valence-electron chi connectivity index (χ1n) is 6.31. The van der Waals surface area contributed by atoms with Crippen molar-refractivity contribution in [2.75, 3.05) is 13.6 Å². The molecule has 21 heavy (non-hydrogen) atoms. The first-order chi connectivity index (χ1) is 9.77. The summed E-state index contributed by atoms with van der Waals surface area (Å²) in [5.74, 6) is -1.44. The van der Waals surface area contributed by atoms with Gasteiger partial charge in [0.05, 0.1) is 4.92 Å². The maximum absolute atomic E-state index is 11.9. The Morgan fingerprint density at radius 2 is 2.10 bits per heavy atom. The maximum Gasteiger partial charge on any atom is 0.310 e. The van der Waals surface area contributed by atoms with Gasteiger partial charge in [0.25, 0.3) is 5.91 Å². The molecule has 1 aromatic rings. The SMILES string of the molecule is CCN(C)C(=O)C(C)NC(=O)c1ccc([N+](=O)[O-])c(O)c1. The van der Waals surface area contributed by atoms with Gasteiger partial charge in [0.2, 0.25) is 5.91 Å². The number of hydrogen-bond donors (Lipinski definition) is 2. The number of likely N-dealkylation sites (N-methyl/N-ethyl adjacent to an activating group) is 1. The van der Waals surface area contributed by atoms with E-state index in [1.54, 1.807) is 14.0 Å². The minimum atomic E-state index is -0.751. The van der Waals surface area contributed by atoms with Gasteiger partial charge in [-0.05, 0) is 26.0 Å². The van der Waals surface area contributed by atoms with Crippen LogP contribution in [0.4, 0.5) is 5.69 Å². The summed E-state index contributed by atoms with van der Waals surface area (Å²) >= 11 is 0. The summed E-state index contributed by atoms with van der Waals surface area (Å²) in [6.07, 6.45) is 0. The third-order valence-corrected chi connectivity index (χ3v) is 3.00. The lowest BCUT2D eigenvalue weighted by molar-refractivity contribution is -0.385. The largest absolute Gasteiger partial charge is 0.502 e. The van der Waals surface area contributed by atoms with Crippen LogP contribution in [0.15, 0.2) is 18.2 Å². The van der Waals surface area contributed by atoms with Gasteiger partial charge in [-0.3, -0.25) is 19.7 Å². The van der Waals surface area contributed by atoms with E-state index in [1.165, 1.54) is 17.9 Å². The molecule has 0 aliphatic rings. The smallest absolute Gasteiger partial charge is 0.310 e. The number of phenolic OH excluding ortho intramolecular Hbond substituents is 1. The molecular formula is C13H17N3O5. The van der Waals surface area contributed by atoms with E-state index in [1.807, 2.05) is 0 Å². The van der Waals surface area contributed by atoms with Gasteiger partial charge < -0.3 is 15.3 Å². The second kappa shape index (κ2) is 6.69. The zero-order valence-electron chi connectivity index (χ0n) is 12.0. The Balaban J connectivity index is 2.83. The molecule has 0 radical (unpaired) electrons. The Morgan fingerprint density at radius 1 is 1.48 bits per heavy atom. The lowest BCUT2D eigenvalue weighted by Crippen LogP contribution is -2.45. The molecule has 0 aromatic heterocycles. The minimum Gasteiger partial charge on any atom is -0.502 e. The fourth-order valence-electron chi connectivity index (χ4n) is 1.65. The number of aromatic hydroxyl groups is 1. The van der Waals surface area contributed by atoms with Crippen LogP contribution in [-0.4, -0.2) is 46.4 Å². The second-order valence-electron chi connectivity index (χ2n) is 4.51. The minimum absolute atomic E-state index is 0.0388. The molecule has 0 aliphatic carbocycles. The van der Waals surface area contributed by atoms with Crippen molar-refractivity contribution < 1.29 is 19.6 Å². The van der Waals surface area contributed by atoms with Crippen molar-refractivity contribution in [3.8, 4) is 5.75 Å². The fourth-order valence-corrected chi connectivity index (χ4v) is 1.65. The molecular weight excluding hydrogens is 278 g/mol. The van der Waals surface area contributed by atoms with Crippen LogP contribution in [0.5, 0.6) is 5.75 Å². The molecule has 1 rings (SSSR count). The van der Waals surface area contributed by atoms with Crippen LogP contribution in [0.3, 0.4) is 0 Å². The van der Waals surface area contributed by atoms with E-state index in [9.17, 15) is 24.8 Å². The number of nitrogens with zero attached hydrogens (tertiary/aromatic N) is 2. The molecule has 114 valence electrons. The third kappa shape index (κ3) is 3.91. The Kier molecular flexibility index (Phi) is 5.23. The highest BCUT2D eigenvalue weighted by Gasteiger charge is 2.21. The van der Waals surface area contributed by atoms with Crippen molar-refractivity contribution in [3.63, 3.8) is 0 Å². The molecule has 1 unspecified atom stereocenters. The Hall–Kier alpha value is -2.64. The summed E-state index contributed by atoms with van der Waals surface area (Å²) < 4.78 is 0. The average Bonchev–Trinajstić information content (AvgIpc) is 2.44. The number of benzene rings is 1. The Bertz CT molecular complexity index is 573. The van der Waals surface area contributed by atoms with E-state index in [2.05, 4.69) is 5.32 Å². The normalized spacial score (nSPS) is 11.6. The summed E-state index contributed by atoms with van der Waals surface area (Å²) in [5, 5.41) is 22.5. The molecule has 2 N–H and O–H groups in total. The van der Waals surface area contributed by atoms with Crippen molar-refractivity contribution in [1.82, 2.24) is 10.2 Å². The van der Waals surface area contributed by atoms with Gasteiger partial charge in [0.15, 0.2) is 5.75 Å². The molecule has 8 nitrogen and oxygen atoms in total. The summed E-state index contributed by atoms with van der Waals surface area (Å²) in [4.78, 5) is 35.0. The van der Waals surface area contributed by atoms with Crippen LogP contribution in [0.1, 0.15) is 24.2 Å². The van der Waals surface area contributed by atoms with Crippen LogP contribution >= 0.6 is 0 Å². The summed E-state index contributed by atoms with van der Waals surface area (Å²) in [7, 11) is 1.61. The van der Waals surface area contributed by atoms with Gasteiger partial charge in [-0.1, -0.05) is 0 Å². The van der Waals surface area contributed by atoms with Crippen LogP contribution in [-0.2, 0) is 4.79 Å². The summed E-state index contributed by atoms with van der Waals surface area (Å²) in [5.41, 5.74) is -0.446. The fraction of sp³-hybridized carbons (Fsp3) is 0.385. The van der Waals surface area contributed by atoms with E-state index in [0.717, 1.165) is 12.1 Å². The monoisotopic (exact) mass is 295 g/mol. The lowest BCUT2D eigenvalue weighted by Gasteiger charge is -2.20. The highest BCUT2D eigenvalue weighted by molar-refractivity contribution is 5.98. The first kappa shape index (κ1) is 16.4. The number of nitro benzene ring substituents is 1. The van der Waals surface area contributed by atoms with Gasteiger partial charge in [-0.2, -0.15) is 0 Å². The lowest BCUT2D eigenvalue weighted by atomic mass is 10.1. The van der Waals surface area contributed by atoms with Crippen LogP contribution < -0.4 is 5.32 Å². The number of phenols is 1. The van der Waals surface area contributed by atoms with Crippen molar-refractivity contribution >= 4 is 17.5 Å². The molecule has 0 saturated heterocycles. The van der Waals surface area contributed by atoms with Gasteiger partial charge in [0, 0.05) is 25.2 Å². The average molecular weight is 295 g/mol. The Morgan fingerprint density at radius 3 is 2.57 bits per heavy atom.